The summed E-state index contributed by atoms with van der Waals surface area (Å²) in [5.41, 5.74) is 1.21. The van der Waals surface area contributed by atoms with Gasteiger partial charge in [-0.2, -0.15) is 0 Å². The molecule has 0 spiro atoms. The third-order valence-corrected chi connectivity index (χ3v) is 6.99. The maximum absolute atomic E-state index is 13.4. The number of methoxy groups -OCH3 is 2. The van der Waals surface area contributed by atoms with Gasteiger partial charge < -0.3 is 19.5 Å². The first-order valence-corrected chi connectivity index (χ1v) is 11.8. The van der Waals surface area contributed by atoms with Gasteiger partial charge in [0, 0.05) is 27.9 Å². The lowest BCUT2D eigenvalue weighted by atomic mass is 10.1. The Hall–Kier alpha value is -2.62. The van der Waals surface area contributed by atoms with Crippen LogP contribution in [0.25, 0.3) is 0 Å². The number of thiazole rings is 1. The Morgan fingerprint density at radius 1 is 1.19 bits per heavy atom. The van der Waals surface area contributed by atoms with Gasteiger partial charge in [-0.1, -0.05) is 11.6 Å². The van der Waals surface area contributed by atoms with Crippen LogP contribution >= 0.6 is 34.3 Å². The van der Waals surface area contributed by atoms with Crippen molar-refractivity contribution in [1.82, 2.24) is 9.88 Å². The number of amides is 1. The minimum Gasteiger partial charge on any atom is -0.496 e. The zero-order valence-electron chi connectivity index (χ0n) is 17.9. The van der Waals surface area contributed by atoms with Crippen LogP contribution in [0, 0.1) is 6.92 Å². The number of aryl methyl sites for hydroxylation is 1. The van der Waals surface area contributed by atoms with E-state index in [0.717, 1.165) is 27.6 Å². The molecule has 1 N–H and O–H groups in total. The van der Waals surface area contributed by atoms with Crippen molar-refractivity contribution in [2.45, 2.75) is 26.3 Å². The summed E-state index contributed by atoms with van der Waals surface area (Å²) in [6.45, 7) is 2.54. The first kappa shape index (κ1) is 24.0. The van der Waals surface area contributed by atoms with Gasteiger partial charge in [-0.15, -0.1) is 22.7 Å². The van der Waals surface area contributed by atoms with Crippen LogP contribution in [0.15, 0.2) is 29.6 Å². The van der Waals surface area contributed by atoms with Gasteiger partial charge >= 0.3 is 5.97 Å². The van der Waals surface area contributed by atoms with Gasteiger partial charge in [0.25, 0.3) is 5.91 Å². The number of hydrogen-bond donors (Lipinski definition) is 1. The van der Waals surface area contributed by atoms with Crippen LogP contribution in [0.5, 0.6) is 11.5 Å². The normalized spacial score (nSPS) is 10.8. The van der Waals surface area contributed by atoms with Crippen molar-refractivity contribution in [3.63, 3.8) is 0 Å². The lowest BCUT2D eigenvalue weighted by molar-refractivity contribution is 0.0691. The van der Waals surface area contributed by atoms with E-state index < -0.39 is 5.97 Å². The van der Waals surface area contributed by atoms with E-state index in [-0.39, 0.29) is 18.1 Å². The molecule has 0 aliphatic rings. The maximum Gasteiger partial charge on any atom is 0.355 e. The summed E-state index contributed by atoms with van der Waals surface area (Å²) in [6, 6.07) is 7.22. The fourth-order valence-electron chi connectivity index (χ4n) is 3.22. The van der Waals surface area contributed by atoms with Gasteiger partial charge in [-0.05, 0) is 44.0 Å². The van der Waals surface area contributed by atoms with Gasteiger partial charge in [0.05, 0.1) is 25.1 Å². The minimum absolute atomic E-state index is 0.0238. The van der Waals surface area contributed by atoms with E-state index in [1.54, 1.807) is 31.3 Å². The number of benzene rings is 1. The van der Waals surface area contributed by atoms with E-state index >= 15 is 0 Å². The largest absolute Gasteiger partial charge is 0.496 e. The number of carboxylic acid groups (broad SMARTS) is 1. The molecule has 0 bridgehead atoms. The average molecular weight is 495 g/mol. The molecule has 0 unspecified atom stereocenters. The average Bonchev–Trinajstić information content (AvgIpc) is 3.41. The SMILES string of the molecule is COc1cc(C(=O)N(CCCc2ccc(Cl)s2)Cc2nc(C(=O)O)cs2)cc(OC)c1C. The van der Waals surface area contributed by atoms with E-state index in [1.165, 1.54) is 28.1 Å². The van der Waals surface area contributed by atoms with Gasteiger partial charge in [0.1, 0.15) is 16.5 Å². The molecule has 2 heterocycles. The van der Waals surface area contributed by atoms with Crippen LogP contribution < -0.4 is 9.47 Å². The van der Waals surface area contributed by atoms with Gasteiger partial charge in [-0.25, -0.2) is 9.78 Å². The molecule has 170 valence electrons. The standard InChI is InChI=1S/C22H23ClN2O5S2/c1-13-17(29-2)9-14(10-18(13)30-3)21(26)25(8-4-5-15-6-7-19(23)32-15)11-20-24-16(12-31-20)22(27)28/h6-7,9-10,12H,4-5,8,11H2,1-3H3,(H,27,28). The van der Waals surface area contributed by atoms with Crippen molar-refractivity contribution >= 4 is 46.2 Å². The smallest absolute Gasteiger partial charge is 0.355 e. The molecule has 0 atom stereocenters. The van der Waals surface area contributed by atoms with Crippen molar-refractivity contribution in [2.24, 2.45) is 0 Å². The number of rotatable bonds is 10. The van der Waals surface area contributed by atoms with Crippen LogP contribution in [0.1, 0.15) is 42.7 Å². The first-order valence-electron chi connectivity index (χ1n) is 9.76. The summed E-state index contributed by atoms with van der Waals surface area (Å²) in [6.07, 6.45) is 1.50. The minimum atomic E-state index is -1.09. The monoisotopic (exact) mass is 494 g/mol. The van der Waals surface area contributed by atoms with Crippen molar-refractivity contribution in [2.75, 3.05) is 20.8 Å². The summed E-state index contributed by atoms with van der Waals surface area (Å²) < 4.78 is 11.6. The summed E-state index contributed by atoms with van der Waals surface area (Å²) >= 11 is 8.75. The molecule has 1 aromatic carbocycles. The molecular formula is C22H23ClN2O5S2. The Kier molecular flexibility index (Phi) is 8.11. The molecule has 32 heavy (non-hydrogen) atoms. The summed E-state index contributed by atoms with van der Waals surface area (Å²) in [5, 5.41) is 11.2. The summed E-state index contributed by atoms with van der Waals surface area (Å²) in [5.74, 6) is -0.183. The number of thiophene rings is 1. The van der Waals surface area contributed by atoms with Gasteiger partial charge in [0.2, 0.25) is 0 Å². The topological polar surface area (TPSA) is 89.0 Å². The highest BCUT2D eigenvalue weighted by Crippen LogP contribution is 2.30. The second-order valence-electron chi connectivity index (χ2n) is 6.97. The van der Waals surface area contributed by atoms with Crippen molar-refractivity contribution in [1.29, 1.82) is 0 Å². The van der Waals surface area contributed by atoms with Crippen LogP contribution in [0.3, 0.4) is 0 Å². The fourth-order valence-corrected chi connectivity index (χ4v) is 5.13. The molecule has 3 aromatic rings. The van der Waals surface area contributed by atoms with E-state index in [9.17, 15) is 9.59 Å². The molecule has 7 nitrogen and oxygen atoms in total. The van der Waals surface area contributed by atoms with Crippen molar-refractivity contribution < 1.29 is 24.2 Å². The number of ether oxygens (including phenoxy) is 2. The fraction of sp³-hybridized carbons (Fsp3) is 0.318. The second-order valence-corrected chi connectivity index (χ2v) is 9.72. The first-order chi connectivity index (χ1) is 15.3. The van der Waals surface area contributed by atoms with E-state index in [1.807, 2.05) is 19.1 Å². The number of hydrogen-bond acceptors (Lipinski definition) is 7. The lowest BCUT2D eigenvalue weighted by Crippen LogP contribution is -2.32. The molecule has 10 heteroatoms. The van der Waals surface area contributed by atoms with Crippen molar-refractivity contribution in [3.05, 3.63) is 60.7 Å². The zero-order chi connectivity index (χ0) is 23.3. The second kappa shape index (κ2) is 10.8. The van der Waals surface area contributed by atoms with E-state index in [0.29, 0.717) is 28.6 Å². The quantitative estimate of drug-likeness (QED) is 0.419. The Labute approximate surface area is 199 Å². The Morgan fingerprint density at radius 3 is 2.41 bits per heavy atom. The number of aromatic carboxylic acids is 1. The number of halogens is 1. The molecule has 0 aliphatic heterocycles. The molecule has 1 amide bonds. The van der Waals surface area contributed by atoms with Crippen LogP contribution in [0.2, 0.25) is 4.34 Å². The summed E-state index contributed by atoms with van der Waals surface area (Å²) in [4.78, 5) is 31.6. The Balaban J connectivity index is 1.84. The van der Waals surface area contributed by atoms with Crippen LogP contribution in [0.4, 0.5) is 0 Å². The third kappa shape index (κ3) is 5.79. The Morgan fingerprint density at radius 2 is 1.88 bits per heavy atom. The van der Waals surface area contributed by atoms with E-state index in [2.05, 4.69) is 4.98 Å². The van der Waals surface area contributed by atoms with Crippen LogP contribution in [-0.2, 0) is 13.0 Å². The molecule has 0 aliphatic carbocycles. The van der Waals surface area contributed by atoms with Crippen LogP contribution in [-0.4, -0.2) is 47.6 Å². The Bertz CT molecular complexity index is 1090. The molecule has 0 fully saturated rings. The third-order valence-electron chi connectivity index (χ3n) is 4.86. The van der Waals surface area contributed by atoms with Gasteiger partial charge in [0.15, 0.2) is 5.69 Å². The number of carboxylic acids is 1. The number of carbonyl (C=O) groups excluding carboxylic acids is 1. The molecule has 0 saturated carbocycles. The highest BCUT2D eigenvalue weighted by molar-refractivity contribution is 7.16. The van der Waals surface area contributed by atoms with Crippen molar-refractivity contribution in [3.8, 4) is 11.5 Å². The predicted molar refractivity (Wildman–Crippen MR) is 126 cm³/mol. The number of nitrogens with zero attached hydrogens (tertiary/aromatic N) is 2. The van der Waals surface area contributed by atoms with Gasteiger partial charge in [-0.3, -0.25) is 4.79 Å². The highest BCUT2D eigenvalue weighted by Gasteiger charge is 2.21. The molecule has 2 aromatic heterocycles. The number of carbonyl (C=O) groups is 2. The predicted octanol–water partition coefficient (Wildman–Crippen LogP) is 5.16. The highest BCUT2D eigenvalue weighted by atomic mass is 35.5. The zero-order valence-corrected chi connectivity index (χ0v) is 20.3. The number of aromatic nitrogens is 1. The lowest BCUT2D eigenvalue weighted by Gasteiger charge is -2.23. The molecule has 0 saturated heterocycles. The molecule has 3 rings (SSSR count). The molecule has 0 radical (unpaired) electrons. The summed E-state index contributed by atoms with van der Waals surface area (Å²) in [7, 11) is 3.09. The maximum atomic E-state index is 13.4. The molecular weight excluding hydrogens is 472 g/mol. The van der Waals surface area contributed by atoms with E-state index in [4.69, 9.17) is 26.2 Å².